The molecule has 1 heterocycles. The summed E-state index contributed by atoms with van der Waals surface area (Å²) in [5, 5.41) is 8.92. The zero-order valence-corrected chi connectivity index (χ0v) is 12.6. The zero-order valence-electron chi connectivity index (χ0n) is 11.1. The van der Waals surface area contributed by atoms with Crippen LogP contribution in [-0.4, -0.2) is 20.6 Å². The molecule has 2 aromatic rings. The van der Waals surface area contributed by atoms with Gasteiger partial charge in [-0.1, -0.05) is 22.0 Å². The molecule has 20 heavy (non-hydrogen) atoms. The van der Waals surface area contributed by atoms with Crippen LogP contribution in [0.15, 0.2) is 33.5 Å². The Morgan fingerprint density at radius 2 is 2.05 bits per heavy atom. The Bertz CT molecular complexity index is 738. The van der Waals surface area contributed by atoms with E-state index in [4.69, 9.17) is 5.11 Å². The van der Waals surface area contributed by atoms with Gasteiger partial charge >= 0.3 is 5.97 Å². The Labute approximate surface area is 124 Å². The first-order valence-corrected chi connectivity index (χ1v) is 6.74. The Balaban J connectivity index is 2.41. The highest BCUT2D eigenvalue weighted by molar-refractivity contribution is 9.10. The average molecular weight is 337 g/mol. The van der Waals surface area contributed by atoms with Crippen molar-refractivity contribution >= 4 is 21.9 Å². The quantitative estimate of drug-likeness (QED) is 0.933. The molecule has 6 heteroatoms. The predicted octanol–water partition coefficient (Wildman–Crippen LogP) is 2.37. The van der Waals surface area contributed by atoms with Gasteiger partial charge in [-0.25, -0.2) is 9.78 Å². The number of carboxylic acid groups (broad SMARTS) is 1. The number of aromatic nitrogens is 2. The number of rotatable bonds is 3. The molecule has 1 aromatic heterocycles. The Morgan fingerprint density at radius 1 is 1.35 bits per heavy atom. The molecule has 1 N–H and O–H groups in total. The highest BCUT2D eigenvalue weighted by atomic mass is 79.9. The maximum Gasteiger partial charge on any atom is 0.335 e. The van der Waals surface area contributed by atoms with Crippen LogP contribution in [0.5, 0.6) is 0 Å². The molecular formula is C14H13BrN2O3. The van der Waals surface area contributed by atoms with Gasteiger partial charge < -0.3 is 5.11 Å². The molecule has 0 aliphatic carbocycles. The molecule has 0 spiro atoms. The van der Waals surface area contributed by atoms with E-state index in [0.29, 0.717) is 22.5 Å². The molecule has 0 bridgehead atoms. The highest BCUT2D eigenvalue weighted by Gasteiger charge is 2.09. The number of carboxylic acids is 1. The fourth-order valence-corrected chi connectivity index (χ4v) is 2.44. The largest absolute Gasteiger partial charge is 0.478 e. The molecule has 0 aliphatic heterocycles. The molecule has 0 radical (unpaired) electrons. The number of halogens is 1. The third-order valence-electron chi connectivity index (χ3n) is 2.96. The number of carbonyl (C=O) groups is 1. The molecule has 2 rings (SSSR count). The molecule has 0 aliphatic rings. The smallest absolute Gasteiger partial charge is 0.335 e. The lowest BCUT2D eigenvalue weighted by Gasteiger charge is -2.11. The molecule has 0 saturated heterocycles. The summed E-state index contributed by atoms with van der Waals surface area (Å²) in [6.07, 6.45) is 0. The minimum absolute atomic E-state index is 0.121. The van der Waals surface area contributed by atoms with Crippen LogP contribution in [0.25, 0.3) is 0 Å². The topological polar surface area (TPSA) is 72.2 Å². The van der Waals surface area contributed by atoms with Gasteiger partial charge in [-0.3, -0.25) is 9.36 Å². The summed E-state index contributed by atoms with van der Waals surface area (Å²) in [7, 11) is 0. The van der Waals surface area contributed by atoms with Gasteiger partial charge in [-0.2, -0.15) is 0 Å². The number of nitrogens with zero attached hydrogens (tertiary/aromatic N) is 2. The molecule has 5 nitrogen and oxygen atoms in total. The first kappa shape index (κ1) is 14.5. The van der Waals surface area contributed by atoms with E-state index in [-0.39, 0.29) is 11.1 Å². The van der Waals surface area contributed by atoms with E-state index in [0.717, 1.165) is 5.56 Å². The van der Waals surface area contributed by atoms with Crippen LogP contribution in [0.2, 0.25) is 0 Å². The van der Waals surface area contributed by atoms with E-state index in [9.17, 15) is 9.59 Å². The zero-order chi connectivity index (χ0) is 14.9. The number of aromatic carboxylic acids is 1. The molecule has 104 valence electrons. The van der Waals surface area contributed by atoms with Crippen molar-refractivity contribution in [3.8, 4) is 0 Å². The van der Waals surface area contributed by atoms with Crippen molar-refractivity contribution in [1.29, 1.82) is 0 Å². The van der Waals surface area contributed by atoms with Crippen LogP contribution in [0, 0.1) is 13.8 Å². The van der Waals surface area contributed by atoms with Gasteiger partial charge in [-0.05, 0) is 31.5 Å². The van der Waals surface area contributed by atoms with Gasteiger partial charge in [0.05, 0.1) is 12.1 Å². The van der Waals surface area contributed by atoms with Gasteiger partial charge in [0.25, 0.3) is 5.56 Å². The van der Waals surface area contributed by atoms with E-state index in [2.05, 4.69) is 20.9 Å². The van der Waals surface area contributed by atoms with Crippen LogP contribution in [0.3, 0.4) is 0 Å². The summed E-state index contributed by atoms with van der Waals surface area (Å²) < 4.78 is 2.21. The van der Waals surface area contributed by atoms with Crippen molar-refractivity contribution in [2.45, 2.75) is 20.4 Å². The maximum atomic E-state index is 12.0. The monoisotopic (exact) mass is 336 g/mol. The summed E-state index contributed by atoms with van der Waals surface area (Å²) in [4.78, 5) is 27.1. The first-order chi connectivity index (χ1) is 9.38. The van der Waals surface area contributed by atoms with Gasteiger partial charge in [0, 0.05) is 16.2 Å². The standard InChI is InChI=1S/C14H13BrN2O3/c1-8-5-13(18)17(9(2)16-8)7-11-4-3-10(14(19)20)6-12(11)15/h3-6H,7H2,1-2H3,(H,19,20). The fourth-order valence-electron chi connectivity index (χ4n) is 1.94. The highest BCUT2D eigenvalue weighted by Crippen LogP contribution is 2.19. The van der Waals surface area contributed by atoms with Gasteiger partial charge in [-0.15, -0.1) is 0 Å². The summed E-state index contributed by atoms with van der Waals surface area (Å²) in [5.41, 5.74) is 1.59. The third kappa shape index (κ3) is 2.96. The number of aryl methyl sites for hydroxylation is 2. The lowest BCUT2D eigenvalue weighted by Crippen LogP contribution is -2.24. The number of benzene rings is 1. The van der Waals surface area contributed by atoms with E-state index >= 15 is 0 Å². The van der Waals surface area contributed by atoms with Gasteiger partial charge in [0.2, 0.25) is 0 Å². The number of hydrogen-bond donors (Lipinski definition) is 1. The predicted molar refractivity (Wildman–Crippen MR) is 78.2 cm³/mol. The molecule has 0 unspecified atom stereocenters. The maximum absolute atomic E-state index is 12.0. The normalized spacial score (nSPS) is 10.6. The van der Waals surface area contributed by atoms with E-state index in [1.165, 1.54) is 18.2 Å². The first-order valence-electron chi connectivity index (χ1n) is 5.95. The van der Waals surface area contributed by atoms with Crippen molar-refractivity contribution in [2.75, 3.05) is 0 Å². The van der Waals surface area contributed by atoms with Crippen molar-refractivity contribution in [3.63, 3.8) is 0 Å². The Morgan fingerprint density at radius 3 is 2.60 bits per heavy atom. The molecule has 0 fully saturated rings. The SMILES string of the molecule is Cc1cc(=O)n(Cc2ccc(C(=O)O)cc2Br)c(C)n1. The molecule has 1 aromatic carbocycles. The van der Waals surface area contributed by atoms with Crippen LogP contribution in [-0.2, 0) is 6.54 Å². The van der Waals surface area contributed by atoms with Crippen molar-refractivity contribution < 1.29 is 9.90 Å². The van der Waals surface area contributed by atoms with Crippen molar-refractivity contribution in [2.24, 2.45) is 0 Å². The third-order valence-corrected chi connectivity index (χ3v) is 3.69. The number of hydrogen-bond acceptors (Lipinski definition) is 3. The van der Waals surface area contributed by atoms with Crippen LogP contribution < -0.4 is 5.56 Å². The van der Waals surface area contributed by atoms with E-state index < -0.39 is 5.97 Å². The van der Waals surface area contributed by atoms with E-state index in [1.807, 2.05) is 0 Å². The summed E-state index contributed by atoms with van der Waals surface area (Å²) >= 11 is 3.34. The minimum Gasteiger partial charge on any atom is -0.478 e. The van der Waals surface area contributed by atoms with Crippen LogP contribution >= 0.6 is 15.9 Å². The summed E-state index contributed by atoms with van der Waals surface area (Å²) in [6, 6.07) is 6.22. The Hall–Kier alpha value is -1.95. The van der Waals surface area contributed by atoms with Gasteiger partial charge in [0.1, 0.15) is 5.82 Å². The average Bonchev–Trinajstić information content (AvgIpc) is 2.34. The molecule has 0 saturated carbocycles. The minimum atomic E-state index is -0.984. The van der Waals surface area contributed by atoms with Gasteiger partial charge in [0.15, 0.2) is 0 Å². The lowest BCUT2D eigenvalue weighted by molar-refractivity contribution is 0.0697. The molecule has 0 atom stereocenters. The summed E-state index contributed by atoms with van der Waals surface area (Å²) in [5.74, 6) is -0.355. The second-order valence-electron chi connectivity index (χ2n) is 4.48. The lowest BCUT2D eigenvalue weighted by atomic mass is 10.1. The fraction of sp³-hybridized carbons (Fsp3) is 0.214. The summed E-state index contributed by atoms with van der Waals surface area (Å²) in [6.45, 7) is 3.89. The molecule has 0 amide bonds. The van der Waals surface area contributed by atoms with Crippen LogP contribution in [0.4, 0.5) is 0 Å². The second kappa shape index (κ2) is 5.58. The molecular weight excluding hydrogens is 324 g/mol. The van der Waals surface area contributed by atoms with Crippen molar-refractivity contribution in [1.82, 2.24) is 9.55 Å². The second-order valence-corrected chi connectivity index (χ2v) is 5.33. The van der Waals surface area contributed by atoms with Crippen LogP contribution in [0.1, 0.15) is 27.4 Å². The van der Waals surface area contributed by atoms with E-state index in [1.54, 1.807) is 24.5 Å². The Kier molecular flexibility index (Phi) is 4.04. The van der Waals surface area contributed by atoms with Crippen molar-refractivity contribution in [3.05, 3.63) is 61.7 Å².